The number of fused-ring (bicyclic) bond motifs is 1. The lowest BCUT2D eigenvalue weighted by Crippen LogP contribution is -2.23. The third-order valence-corrected chi connectivity index (χ3v) is 4.52. The van der Waals surface area contributed by atoms with Crippen LogP contribution in [0.5, 0.6) is 5.75 Å². The Morgan fingerprint density at radius 1 is 1.42 bits per heavy atom. The molecule has 24 heavy (non-hydrogen) atoms. The van der Waals surface area contributed by atoms with Crippen LogP contribution in [-0.2, 0) is 11.3 Å². The Morgan fingerprint density at radius 3 is 3.04 bits per heavy atom. The molecule has 3 aromatic rings. The number of ether oxygens (including phenoxy) is 1. The second-order valence-corrected chi connectivity index (χ2v) is 6.36. The molecule has 1 amide bonds. The standard InChI is InChI=1S/C16H14ClN3O3S/c1-23-13-3-2-10(17)8-12(13)19-14(21)4-6-20-9-18-15-11(16(20)22)5-7-24-15/h2-3,5,7-9H,4,6H2,1H3,(H,19,21). The van der Waals surface area contributed by atoms with E-state index < -0.39 is 0 Å². The maximum absolute atomic E-state index is 12.3. The van der Waals surface area contributed by atoms with Crippen molar-refractivity contribution in [2.75, 3.05) is 12.4 Å². The zero-order chi connectivity index (χ0) is 17.1. The van der Waals surface area contributed by atoms with Gasteiger partial charge in [0, 0.05) is 18.0 Å². The van der Waals surface area contributed by atoms with Gasteiger partial charge in [-0.15, -0.1) is 11.3 Å². The van der Waals surface area contributed by atoms with Gasteiger partial charge in [-0.1, -0.05) is 11.6 Å². The number of nitrogens with zero attached hydrogens (tertiary/aromatic N) is 2. The van der Waals surface area contributed by atoms with E-state index in [0.717, 1.165) is 0 Å². The normalized spacial score (nSPS) is 10.8. The van der Waals surface area contributed by atoms with Crippen LogP contribution in [-0.4, -0.2) is 22.6 Å². The fourth-order valence-electron chi connectivity index (χ4n) is 2.27. The van der Waals surface area contributed by atoms with Crippen molar-refractivity contribution in [1.82, 2.24) is 9.55 Å². The lowest BCUT2D eigenvalue weighted by Gasteiger charge is -2.11. The van der Waals surface area contributed by atoms with Crippen molar-refractivity contribution in [3.8, 4) is 5.75 Å². The van der Waals surface area contributed by atoms with E-state index >= 15 is 0 Å². The van der Waals surface area contributed by atoms with E-state index in [2.05, 4.69) is 10.3 Å². The van der Waals surface area contributed by atoms with Crippen LogP contribution in [0.25, 0.3) is 10.2 Å². The molecule has 3 rings (SSSR count). The number of thiophene rings is 1. The molecule has 0 radical (unpaired) electrons. The molecule has 8 heteroatoms. The Labute approximate surface area is 146 Å². The Hall–Kier alpha value is -2.38. The molecule has 0 unspecified atom stereocenters. The summed E-state index contributed by atoms with van der Waals surface area (Å²) in [7, 11) is 1.51. The highest BCUT2D eigenvalue weighted by atomic mass is 35.5. The first-order chi connectivity index (χ1) is 11.6. The predicted molar refractivity (Wildman–Crippen MR) is 95.1 cm³/mol. The Bertz CT molecular complexity index is 951. The second kappa shape index (κ2) is 7.02. The molecule has 124 valence electrons. The summed E-state index contributed by atoms with van der Waals surface area (Å²) in [5.41, 5.74) is 0.350. The van der Waals surface area contributed by atoms with Crippen LogP contribution >= 0.6 is 22.9 Å². The lowest BCUT2D eigenvalue weighted by molar-refractivity contribution is -0.116. The minimum absolute atomic E-state index is 0.132. The van der Waals surface area contributed by atoms with Crippen LogP contribution in [0.2, 0.25) is 5.02 Å². The summed E-state index contributed by atoms with van der Waals surface area (Å²) in [4.78, 5) is 29.3. The average Bonchev–Trinajstić information content (AvgIpc) is 3.04. The Balaban J connectivity index is 1.70. The van der Waals surface area contributed by atoms with E-state index in [0.29, 0.717) is 26.7 Å². The van der Waals surface area contributed by atoms with E-state index in [9.17, 15) is 9.59 Å². The number of halogens is 1. The van der Waals surface area contributed by atoms with Gasteiger partial charge in [-0.2, -0.15) is 0 Å². The van der Waals surface area contributed by atoms with Crippen molar-refractivity contribution < 1.29 is 9.53 Å². The second-order valence-electron chi connectivity index (χ2n) is 5.03. The molecule has 0 aliphatic heterocycles. The number of aryl methyl sites for hydroxylation is 1. The highest BCUT2D eigenvalue weighted by Crippen LogP contribution is 2.27. The van der Waals surface area contributed by atoms with Crippen molar-refractivity contribution >= 4 is 44.7 Å². The van der Waals surface area contributed by atoms with Crippen molar-refractivity contribution in [2.24, 2.45) is 0 Å². The third kappa shape index (κ3) is 3.42. The number of benzene rings is 1. The van der Waals surface area contributed by atoms with E-state index in [-0.39, 0.29) is 24.4 Å². The predicted octanol–water partition coefficient (Wildman–Crippen LogP) is 3.15. The monoisotopic (exact) mass is 363 g/mol. The van der Waals surface area contributed by atoms with Gasteiger partial charge in [-0.25, -0.2) is 4.98 Å². The summed E-state index contributed by atoms with van der Waals surface area (Å²) in [6, 6.07) is 6.71. The highest BCUT2D eigenvalue weighted by Gasteiger charge is 2.10. The fourth-order valence-corrected chi connectivity index (χ4v) is 3.16. The first-order valence-electron chi connectivity index (χ1n) is 7.14. The summed E-state index contributed by atoms with van der Waals surface area (Å²) in [6.45, 7) is 0.242. The number of methoxy groups -OCH3 is 1. The summed E-state index contributed by atoms with van der Waals surface area (Å²) >= 11 is 7.35. The number of carbonyl (C=O) groups excluding carboxylic acids is 1. The first kappa shape index (κ1) is 16.5. The van der Waals surface area contributed by atoms with E-state index in [1.807, 2.05) is 5.38 Å². The van der Waals surface area contributed by atoms with Gasteiger partial charge in [-0.05, 0) is 29.6 Å². The molecule has 0 fully saturated rings. The molecule has 0 aliphatic carbocycles. The molecule has 0 saturated carbocycles. The summed E-state index contributed by atoms with van der Waals surface area (Å²) in [6.07, 6.45) is 1.60. The van der Waals surface area contributed by atoms with Gasteiger partial charge in [0.1, 0.15) is 10.6 Å². The van der Waals surface area contributed by atoms with E-state index in [1.54, 1.807) is 24.3 Å². The molecule has 1 N–H and O–H groups in total. The first-order valence-corrected chi connectivity index (χ1v) is 8.40. The SMILES string of the molecule is COc1ccc(Cl)cc1NC(=O)CCn1cnc2sccc2c1=O. The number of hydrogen-bond donors (Lipinski definition) is 1. The third-order valence-electron chi connectivity index (χ3n) is 3.47. The van der Waals surface area contributed by atoms with Crippen LogP contribution in [0.15, 0.2) is 40.8 Å². The molecular weight excluding hydrogens is 350 g/mol. The summed E-state index contributed by atoms with van der Waals surface area (Å²) in [5, 5.41) is 5.63. The molecule has 6 nitrogen and oxygen atoms in total. The molecule has 1 aromatic carbocycles. The Kier molecular flexibility index (Phi) is 4.82. The van der Waals surface area contributed by atoms with Crippen LogP contribution in [0, 0.1) is 0 Å². The van der Waals surface area contributed by atoms with Gasteiger partial charge in [0.25, 0.3) is 5.56 Å². The summed E-state index contributed by atoms with van der Waals surface area (Å²) < 4.78 is 6.62. The van der Waals surface area contributed by atoms with Crippen LogP contribution in [0.4, 0.5) is 5.69 Å². The molecule has 2 heterocycles. The van der Waals surface area contributed by atoms with Gasteiger partial charge in [0.2, 0.25) is 5.91 Å². The number of rotatable bonds is 5. The van der Waals surface area contributed by atoms with E-state index in [1.165, 1.54) is 29.3 Å². The van der Waals surface area contributed by atoms with Crippen molar-refractivity contribution in [3.05, 3.63) is 51.3 Å². The van der Waals surface area contributed by atoms with Gasteiger partial charge in [-0.3, -0.25) is 14.2 Å². The topological polar surface area (TPSA) is 73.2 Å². The number of anilines is 1. The number of aromatic nitrogens is 2. The molecule has 0 aliphatic rings. The highest BCUT2D eigenvalue weighted by molar-refractivity contribution is 7.16. The van der Waals surface area contributed by atoms with Gasteiger partial charge >= 0.3 is 0 Å². The largest absolute Gasteiger partial charge is 0.495 e. The van der Waals surface area contributed by atoms with Gasteiger partial charge < -0.3 is 10.1 Å². The van der Waals surface area contributed by atoms with Crippen molar-refractivity contribution in [2.45, 2.75) is 13.0 Å². The van der Waals surface area contributed by atoms with Crippen LogP contribution in [0.1, 0.15) is 6.42 Å². The van der Waals surface area contributed by atoms with Crippen LogP contribution < -0.4 is 15.6 Å². The Morgan fingerprint density at radius 2 is 2.25 bits per heavy atom. The maximum atomic E-state index is 12.3. The molecule has 0 atom stereocenters. The number of hydrogen-bond acceptors (Lipinski definition) is 5. The minimum atomic E-state index is -0.243. The number of carbonyl (C=O) groups is 1. The van der Waals surface area contributed by atoms with Crippen molar-refractivity contribution in [1.29, 1.82) is 0 Å². The quantitative estimate of drug-likeness (QED) is 0.755. The molecular formula is C16H14ClN3O3S. The van der Waals surface area contributed by atoms with Crippen LogP contribution in [0.3, 0.4) is 0 Å². The minimum Gasteiger partial charge on any atom is -0.495 e. The smallest absolute Gasteiger partial charge is 0.262 e. The van der Waals surface area contributed by atoms with Gasteiger partial charge in [0.05, 0.1) is 24.5 Å². The maximum Gasteiger partial charge on any atom is 0.262 e. The van der Waals surface area contributed by atoms with Gasteiger partial charge in [0.15, 0.2) is 0 Å². The zero-order valence-electron chi connectivity index (χ0n) is 12.8. The zero-order valence-corrected chi connectivity index (χ0v) is 14.4. The molecule has 0 spiro atoms. The lowest BCUT2D eigenvalue weighted by atomic mass is 10.2. The molecule has 0 saturated heterocycles. The summed E-state index contributed by atoms with van der Waals surface area (Å²) in [5.74, 6) is 0.277. The fraction of sp³-hybridized carbons (Fsp3) is 0.188. The number of nitrogens with one attached hydrogen (secondary N) is 1. The van der Waals surface area contributed by atoms with E-state index in [4.69, 9.17) is 16.3 Å². The molecule has 2 aromatic heterocycles. The average molecular weight is 364 g/mol. The van der Waals surface area contributed by atoms with Crippen molar-refractivity contribution in [3.63, 3.8) is 0 Å². The molecule has 0 bridgehead atoms. The number of amides is 1.